The molecule has 0 radical (unpaired) electrons. The quantitative estimate of drug-likeness (QED) is 0.349. The molecular formula is C30H31N5O3S. The number of carbonyl (C=O) groups excluding carboxylic acids is 1. The summed E-state index contributed by atoms with van der Waals surface area (Å²) in [5.74, 6) is 0.702. The van der Waals surface area contributed by atoms with Crippen LogP contribution in [0, 0.1) is 5.92 Å². The van der Waals surface area contributed by atoms with E-state index >= 15 is 0 Å². The molecule has 6 rings (SSSR count). The van der Waals surface area contributed by atoms with Crippen molar-refractivity contribution in [2.24, 2.45) is 11.1 Å². The van der Waals surface area contributed by atoms with Crippen LogP contribution in [0.25, 0.3) is 22.4 Å². The number of aromatic nitrogens is 3. The zero-order valence-corrected chi connectivity index (χ0v) is 22.5. The first-order chi connectivity index (χ1) is 18.8. The molecule has 9 heteroatoms. The van der Waals surface area contributed by atoms with E-state index in [0.29, 0.717) is 31.0 Å². The highest BCUT2D eigenvalue weighted by Gasteiger charge is 2.28. The second-order valence-electron chi connectivity index (χ2n) is 10.5. The Kier molecular flexibility index (Phi) is 6.78. The first kappa shape index (κ1) is 25.5. The summed E-state index contributed by atoms with van der Waals surface area (Å²) in [4.78, 5) is 19.9. The van der Waals surface area contributed by atoms with Crippen molar-refractivity contribution in [1.82, 2.24) is 19.7 Å². The molecule has 2 aromatic carbocycles. The standard InChI is InChI=1S/C30H31N5O3S/c31-39(37,38)26-11-7-21(8-12-26)13-15-34-19-24-10-9-23(16-28(24)30(34)36)29-27(6-3-14-32-29)25-17-33-35(20-25)18-22-4-1-2-5-22/h3,6-12,14,16-17,20,22H,1-2,4-5,13,15,18-19H2,(H2,31,37,38). The van der Waals surface area contributed by atoms with Gasteiger partial charge in [0.2, 0.25) is 10.0 Å². The molecule has 3 heterocycles. The van der Waals surface area contributed by atoms with Crippen molar-refractivity contribution in [1.29, 1.82) is 0 Å². The molecule has 1 aliphatic carbocycles. The van der Waals surface area contributed by atoms with E-state index in [-0.39, 0.29) is 10.8 Å². The number of carbonyl (C=O) groups is 1. The third-order valence-corrected chi connectivity index (χ3v) is 8.79. The maximum atomic E-state index is 13.3. The molecular weight excluding hydrogens is 510 g/mol. The Morgan fingerprint density at radius 3 is 2.54 bits per heavy atom. The fourth-order valence-corrected chi connectivity index (χ4v) is 6.24. The Hall–Kier alpha value is -3.82. The summed E-state index contributed by atoms with van der Waals surface area (Å²) in [6.45, 7) is 2.04. The van der Waals surface area contributed by atoms with Gasteiger partial charge < -0.3 is 4.90 Å². The van der Waals surface area contributed by atoms with Gasteiger partial charge in [-0.15, -0.1) is 0 Å². The van der Waals surface area contributed by atoms with Crippen LogP contribution in [0.1, 0.15) is 47.2 Å². The van der Waals surface area contributed by atoms with Gasteiger partial charge >= 0.3 is 0 Å². The van der Waals surface area contributed by atoms with Crippen LogP contribution in [0.3, 0.4) is 0 Å². The normalized spacial score (nSPS) is 15.7. The number of sulfonamides is 1. The van der Waals surface area contributed by atoms with E-state index in [1.807, 2.05) is 35.4 Å². The first-order valence-corrected chi connectivity index (χ1v) is 14.9. The minimum Gasteiger partial charge on any atom is -0.334 e. The molecule has 4 aromatic rings. The molecule has 8 nitrogen and oxygen atoms in total. The van der Waals surface area contributed by atoms with Gasteiger partial charge in [-0.05, 0) is 60.6 Å². The lowest BCUT2D eigenvalue weighted by Gasteiger charge is -2.15. The van der Waals surface area contributed by atoms with Crippen molar-refractivity contribution < 1.29 is 13.2 Å². The SMILES string of the molecule is NS(=O)(=O)c1ccc(CCN2Cc3ccc(-c4ncccc4-c4cnn(CC5CCCC5)c4)cc3C2=O)cc1. The van der Waals surface area contributed by atoms with Gasteiger partial charge in [0.25, 0.3) is 5.91 Å². The van der Waals surface area contributed by atoms with Crippen molar-refractivity contribution >= 4 is 15.9 Å². The molecule has 0 saturated heterocycles. The van der Waals surface area contributed by atoms with Crippen LogP contribution in [-0.4, -0.2) is 40.5 Å². The topological polar surface area (TPSA) is 111 Å². The van der Waals surface area contributed by atoms with E-state index in [2.05, 4.69) is 22.0 Å². The van der Waals surface area contributed by atoms with Crippen molar-refractivity contribution in [2.75, 3.05) is 6.54 Å². The Balaban J connectivity index is 1.18. The summed E-state index contributed by atoms with van der Waals surface area (Å²) >= 11 is 0. The van der Waals surface area contributed by atoms with Crippen molar-refractivity contribution in [2.45, 2.75) is 50.1 Å². The minimum atomic E-state index is -3.72. The number of hydrogen-bond donors (Lipinski definition) is 1. The number of pyridine rings is 1. The van der Waals surface area contributed by atoms with E-state index < -0.39 is 10.0 Å². The zero-order chi connectivity index (χ0) is 27.0. The summed E-state index contributed by atoms with van der Waals surface area (Å²) in [5.41, 5.74) is 6.40. The molecule has 1 amide bonds. The summed E-state index contributed by atoms with van der Waals surface area (Å²) < 4.78 is 25.0. The molecule has 0 spiro atoms. The molecule has 1 fully saturated rings. The Morgan fingerprint density at radius 1 is 0.974 bits per heavy atom. The van der Waals surface area contributed by atoms with Gasteiger partial charge in [0.1, 0.15) is 0 Å². The smallest absolute Gasteiger partial charge is 0.254 e. The number of hydrogen-bond acceptors (Lipinski definition) is 5. The van der Waals surface area contributed by atoms with Crippen molar-refractivity contribution in [3.05, 3.63) is 89.9 Å². The van der Waals surface area contributed by atoms with Gasteiger partial charge in [-0.3, -0.25) is 14.5 Å². The third kappa shape index (κ3) is 5.37. The predicted octanol–water partition coefficient (Wildman–Crippen LogP) is 4.65. The Morgan fingerprint density at radius 2 is 1.77 bits per heavy atom. The van der Waals surface area contributed by atoms with Crippen LogP contribution in [0.5, 0.6) is 0 Å². The summed E-state index contributed by atoms with van der Waals surface area (Å²) in [6, 6.07) is 16.5. The lowest BCUT2D eigenvalue weighted by atomic mass is 9.98. The van der Waals surface area contributed by atoms with E-state index in [9.17, 15) is 13.2 Å². The average Bonchev–Trinajstić information content (AvgIpc) is 3.69. The summed E-state index contributed by atoms with van der Waals surface area (Å²) in [5, 5.41) is 9.81. The summed E-state index contributed by atoms with van der Waals surface area (Å²) in [7, 11) is -3.72. The highest BCUT2D eigenvalue weighted by molar-refractivity contribution is 7.89. The van der Waals surface area contributed by atoms with E-state index in [0.717, 1.165) is 40.1 Å². The number of amides is 1. The van der Waals surface area contributed by atoms with Gasteiger partial charge in [0, 0.05) is 54.3 Å². The van der Waals surface area contributed by atoms with E-state index in [1.54, 1.807) is 18.3 Å². The lowest BCUT2D eigenvalue weighted by molar-refractivity contribution is 0.0780. The molecule has 2 N–H and O–H groups in total. The third-order valence-electron chi connectivity index (χ3n) is 7.86. The van der Waals surface area contributed by atoms with E-state index in [4.69, 9.17) is 10.1 Å². The highest BCUT2D eigenvalue weighted by atomic mass is 32.2. The lowest BCUT2D eigenvalue weighted by Crippen LogP contribution is -2.26. The van der Waals surface area contributed by atoms with Gasteiger partial charge in [-0.25, -0.2) is 13.6 Å². The molecule has 0 bridgehead atoms. The van der Waals surface area contributed by atoms with Crippen LogP contribution >= 0.6 is 0 Å². The van der Waals surface area contributed by atoms with Crippen molar-refractivity contribution in [3.63, 3.8) is 0 Å². The molecule has 1 aliphatic heterocycles. The first-order valence-electron chi connectivity index (χ1n) is 13.4. The monoisotopic (exact) mass is 541 g/mol. The van der Waals surface area contributed by atoms with Gasteiger partial charge in [0.05, 0.1) is 16.8 Å². The van der Waals surface area contributed by atoms with Gasteiger partial charge in [-0.1, -0.05) is 43.2 Å². The van der Waals surface area contributed by atoms with E-state index in [1.165, 1.54) is 37.8 Å². The summed E-state index contributed by atoms with van der Waals surface area (Å²) in [6.07, 6.45) is 11.6. The Labute approximate surface area is 228 Å². The molecule has 2 aliphatic rings. The molecule has 39 heavy (non-hydrogen) atoms. The second kappa shape index (κ2) is 10.4. The maximum absolute atomic E-state index is 13.3. The van der Waals surface area contributed by atoms with Gasteiger partial charge in [0.15, 0.2) is 0 Å². The number of primary sulfonamides is 1. The predicted molar refractivity (Wildman–Crippen MR) is 149 cm³/mol. The Bertz CT molecular complexity index is 1620. The zero-order valence-electron chi connectivity index (χ0n) is 21.7. The molecule has 1 saturated carbocycles. The second-order valence-corrected chi connectivity index (χ2v) is 12.1. The highest BCUT2D eigenvalue weighted by Crippen LogP contribution is 2.34. The molecule has 0 unspecified atom stereocenters. The number of benzene rings is 2. The fourth-order valence-electron chi connectivity index (χ4n) is 5.73. The number of nitrogens with two attached hydrogens (primary N) is 1. The minimum absolute atomic E-state index is 0.00475. The van der Waals surface area contributed by atoms with Crippen LogP contribution in [-0.2, 0) is 29.5 Å². The maximum Gasteiger partial charge on any atom is 0.254 e. The van der Waals surface area contributed by atoms with Gasteiger partial charge in [-0.2, -0.15) is 5.10 Å². The largest absolute Gasteiger partial charge is 0.334 e. The number of fused-ring (bicyclic) bond motifs is 1. The molecule has 200 valence electrons. The fraction of sp³-hybridized carbons (Fsp3) is 0.300. The van der Waals surface area contributed by atoms with Crippen LogP contribution in [0.2, 0.25) is 0 Å². The average molecular weight is 542 g/mol. The van der Waals surface area contributed by atoms with Crippen LogP contribution < -0.4 is 5.14 Å². The molecule has 2 aromatic heterocycles. The van der Waals surface area contributed by atoms with Crippen LogP contribution in [0.4, 0.5) is 0 Å². The number of rotatable bonds is 8. The number of nitrogens with zero attached hydrogens (tertiary/aromatic N) is 4. The molecule has 0 atom stereocenters. The van der Waals surface area contributed by atoms with Crippen LogP contribution in [0.15, 0.2) is 78.1 Å². The van der Waals surface area contributed by atoms with Crippen molar-refractivity contribution in [3.8, 4) is 22.4 Å².